The van der Waals surface area contributed by atoms with Gasteiger partial charge in [0.2, 0.25) is 0 Å². The van der Waals surface area contributed by atoms with E-state index < -0.39 is 12.0 Å². The van der Waals surface area contributed by atoms with Gasteiger partial charge in [0, 0.05) is 24.1 Å². The van der Waals surface area contributed by atoms with Gasteiger partial charge in [-0.25, -0.2) is 0 Å². The van der Waals surface area contributed by atoms with Gasteiger partial charge in [-0.2, -0.15) is 0 Å². The maximum absolute atomic E-state index is 10.7. The summed E-state index contributed by atoms with van der Waals surface area (Å²) in [5, 5.41) is 10.4. The number of hydrogen-bond acceptors (Lipinski definition) is 2. The predicted molar refractivity (Wildman–Crippen MR) is 67.2 cm³/mol. The van der Waals surface area contributed by atoms with Crippen LogP contribution in [0, 0.1) is 0 Å². The Bertz CT molecular complexity index is 577. The molecule has 1 heterocycles. The number of aryl methyl sites for hydroxylation is 1. The topological polar surface area (TPSA) is 68.2 Å². The van der Waals surface area contributed by atoms with Crippen molar-refractivity contribution in [2.45, 2.75) is 12.5 Å². The van der Waals surface area contributed by atoms with Crippen LogP contribution in [0.3, 0.4) is 0 Å². The molecule has 2 aromatic rings. The molecule has 0 saturated carbocycles. The number of aliphatic carboxylic acids is 1. The Hall–Kier alpha value is -1.52. The first-order chi connectivity index (χ1) is 7.99. The van der Waals surface area contributed by atoms with Crippen LogP contribution < -0.4 is 5.73 Å². The number of nitrogens with zero attached hydrogens (tertiary/aromatic N) is 1. The first-order valence-electron chi connectivity index (χ1n) is 5.21. The standard InChI is InChI=1S/C12H13ClN2O2/c1-15-6-9(13)8-3-2-7(5-11(8)15)4-10(14)12(16)17/h2-3,5-6,10H,4,14H2,1H3,(H,16,17)/t10-/m0/s1. The Morgan fingerprint density at radius 3 is 2.94 bits per heavy atom. The van der Waals surface area contributed by atoms with Crippen LogP contribution in [0.5, 0.6) is 0 Å². The van der Waals surface area contributed by atoms with Gasteiger partial charge in [-0.05, 0) is 18.1 Å². The Kier molecular flexibility index (Phi) is 3.09. The molecular formula is C12H13ClN2O2. The molecule has 0 unspecified atom stereocenters. The van der Waals surface area contributed by atoms with Crippen molar-refractivity contribution in [2.24, 2.45) is 12.8 Å². The van der Waals surface area contributed by atoms with Gasteiger partial charge in [0.1, 0.15) is 6.04 Å². The molecule has 0 aliphatic heterocycles. The second-order valence-corrected chi connectivity index (χ2v) is 4.50. The van der Waals surface area contributed by atoms with Crippen molar-refractivity contribution in [3.8, 4) is 0 Å². The van der Waals surface area contributed by atoms with E-state index in [1.807, 2.05) is 36.0 Å². The molecule has 0 bridgehead atoms. The molecule has 1 atom stereocenters. The maximum Gasteiger partial charge on any atom is 0.320 e. The van der Waals surface area contributed by atoms with Crippen LogP contribution in [0.25, 0.3) is 10.9 Å². The van der Waals surface area contributed by atoms with Crippen molar-refractivity contribution in [1.82, 2.24) is 4.57 Å². The summed E-state index contributed by atoms with van der Waals surface area (Å²) in [6, 6.07) is 4.80. The van der Waals surface area contributed by atoms with E-state index in [0.29, 0.717) is 11.4 Å². The third kappa shape index (κ3) is 2.28. The Balaban J connectivity index is 2.38. The largest absolute Gasteiger partial charge is 0.480 e. The molecule has 1 aromatic heterocycles. The van der Waals surface area contributed by atoms with Crippen molar-refractivity contribution >= 4 is 28.5 Å². The highest BCUT2D eigenvalue weighted by Gasteiger charge is 2.13. The third-order valence-corrected chi connectivity index (χ3v) is 3.08. The zero-order chi connectivity index (χ0) is 12.6. The average molecular weight is 253 g/mol. The summed E-state index contributed by atoms with van der Waals surface area (Å²) in [5.74, 6) is -0.991. The fourth-order valence-corrected chi connectivity index (χ4v) is 2.15. The highest BCUT2D eigenvalue weighted by Crippen LogP contribution is 2.26. The quantitative estimate of drug-likeness (QED) is 0.875. The number of carboxylic acid groups (broad SMARTS) is 1. The van der Waals surface area contributed by atoms with E-state index >= 15 is 0 Å². The van der Waals surface area contributed by atoms with Gasteiger partial charge in [-0.1, -0.05) is 23.7 Å². The molecule has 1 aromatic carbocycles. The van der Waals surface area contributed by atoms with E-state index in [4.69, 9.17) is 22.4 Å². The van der Waals surface area contributed by atoms with Crippen LogP contribution in [0.2, 0.25) is 5.02 Å². The second kappa shape index (κ2) is 4.39. The van der Waals surface area contributed by atoms with Crippen molar-refractivity contribution in [3.63, 3.8) is 0 Å². The number of hydrogen-bond donors (Lipinski definition) is 2. The third-order valence-electron chi connectivity index (χ3n) is 2.78. The number of nitrogens with two attached hydrogens (primary N) is 1. The molecule has 0 radical (unpaired) electrons. The van der Waals surface area contributed by atoms with Gasteiger partial charge in [0.25, 0.3) is 0 Å². The van der Waals surface area contributed by atoms with E-state index in [0.717, 1.165) is 16.5 Å². The minimum Gasteiger partial charge on any atom is -0.480 e. The maximum atomic E-state index is 10.7. The minimum atomic E-state index is -0.991. The number of aromatic nitrogens is 1. The van der Waals surface area contributed by atoms with Crippen LogP contribution in [0.1, 0.15) is 5.56 Å². The summed E-state index contributed by atoms with van der Waals surface area (Å²) in [7, 11) is 1.90. The molecule has 0 saturated heterocycles. The van der Waals surface area contributed by atoms with Gasteiger partial charge in [-0.15, -0.1) is 0 Å². The van der Waals surface area contributed by atoms with E-state index in [1.54, 1.807) is 0 Å². The molecule has 90 valence electrons. The summed E-state index contributed by atoms with van der Waals surface area (Å²) < 4.78 is 1.91. The van der Waals surface area contributed by atoms with E-state index in [1.165, 1.54) is 0 Å². The van der Waals surface area contributed by atoms with Crippen molar-refractivity contribution < 1.29 is 9.90 Å². The van der Waals surface area contributed by atoms with Crippen LogP contribution in [-0.4, -0.2) is 21.7 Å². The second-order valence-electron chi connectivity index (χ2n) is 4.09. The minimum absolute atomic E-state index is 0.314. The Morgan fingerprint density at radius 2 is 2.29 bits per heavy atom. The highest BCUT2D eigenvalue weighted by molar-refractivity contribution is 6.35. The number of halogens is 1. The molecular weight excluding hydrogens is 240 g/mol. The molecule has 4 nitrogen and oxygen atoms in total. The molecule has 17 heavy (non-hydrogen) atoms. The monoisotopic (exact) mass is 252 g/mol. The molecule has 0 aliphatic rings. The summed E-state index contributed by atoms with van der Waals surface area (Å²) in [6.07, 6.45) is 2.14. The Labute approximate surface area is 104 Å². The summed E-state index contributed by atoms with van der Waals surface area (Å²) in [4.78, 5) is 10.7. The lowest BCUT2D eigenvalue weighted by Gasteiger charge is -2.07. The van der Waals surface area contributed by atoms with Gasteiger partial charge in [0.15, 0.2) is 0 Å². The molecule has 5 heteroatoms. The molecule has 0 aliphatic carbocycles. The lowest BCUT2D eigenvalue weighted by Crippen LogP contribution is -2.32. The van der Waals surface area contributed by atoms with Crippen LogP contribution in [-0.2, 0) is 18.3 Å². The summed E-state index contributed by atoms with van der Waals surface area (Å²) >= 11 is 6.05. The molecule has 0 amide bonds. The number of carboxylic acids is 1. The van der Waals surface area contributed by atoms with Crippen molar-refractivity contribution in [3.05, 3.63) is 35.0 Å². The normalized spacial score (nSPS) is 12.9. The highest BCUT2D eigenvalue weighted by atomic mass is 35.5. The SMILES string of the molecule is Cn1cc(Cl)c2ccc(C[C@H](N)C(=O)O)cc21. The number of carbonyl (C=O) groups is 1. The van der Waals surface area contributed by atoms with E-state index in [-0.39, 0.29) is 0 Å². The molecule has 0 spiro atoms. The van der Waals surface area contributed by atoms with Crippen LogP contribution >= 0.6 is 11.6 Å². The summed E-state index contributed by atoms with van der Waals surface area (Å²) in [5.41, 5.74) is 7.37. The van der Waals surface area contributed by atoms with Crippen molar-refractivity contribution in [1.29, 1.82) is 0 Å². The van der Waals surface area contributed by atoms with Crippen molar-refractivity contribution in [2.75, 3.05) is 0 Å². The lowest BCUT2D eigenvalue weighted by atomic mass is 10.1. The van der Waals surface area contributed by atoms with Gasteiger partial charge < -0.3 is 15.4 Å². The molecule has 3 N–H and O–H groups in total. The van der Waals surface area contributed by atoms with Crippen LogP contribution in [0.15, 0.2) is 24.4 Å². The van der Waals surface area contributed by atoms with Gasteiger partial charge in [-0.3, -0.25) is 4.79 Å². The first kappa shape index (κ1) is 12.0. The lowest BCUT2D eigenvalue weighted by molar-refractivity contribution is -0.138. The zero-order valence-electron chi connectivity index (χ0n) is 9.35. The van der Waals surface area contributed by atoms with Crippen LogP contribution in [0.4, 0.5) is 0 Å². The predicted octanol–water partition coefficient (Wildman–Crippen LogP) is 1.79. The van der Waals surface area contributed by atoms with E-state index in [2.05, 4.69) is 0 Å². The van der Waals surface area contributed by atoms with Gasteiger partial charge in [0.05, 0.1) is 5.02 Å². The Morgan fingerprint density at radius 1 is 1.59 bits per heavy atom. The molecule has 0 fully saturated rings. The van der Waals surface area contributed by atoms with E-state index in [9.17, 15) is 4.79 Å². The fraction of sp³-hybridized carbons (Fsp3) is 0.250. The first-order valence-corrected chi connectivity index (χ1v) is 5.58. The smallest absolute Gasteiger partial charge is 0.320 e. The number of rotatable bonds is 3. The van der Waals surface area contributed by atoms with Gasteiger partial charge >= 0.3 is 5.97 Å². The average Bonchev–Trinajstić information content (AvgIpc) is 2.54. The number of benzene rings is 1. The zero-order valence-corrected chi connectivity index (χ0v) is 10.1. The molecule has 2 rings (SSSR count). The number of fused-ring (bicyclic) bond motifs is 1. The summed E-state index contributed by atoms with van der Waals surface area (Å²) in [6.45, 7) is 0. The fourth-order valence-electron chi connectivity index (χ4n) is 1.85.